The maximum absolute atomic E-state index is 10.6. The van der Waals surface area contributed by atoms with Crippen molar-refractivity contribution in [3.05, 3.63) is 0 Å². The molecule has 0 fully saturated rings. The molecule has 0 spiro atoms. The molecule has 0 aliphatic heterocycles. The van der Waals surface area contributed by atoms with Crippen LogP contribution in [0.1, 0.15) is 65.2 Å². The van der Waals surface area contributed by atoms with Crippen LogP contribution in [0.3, 0.4) is 0 Å². The molecule has 0 radical (unpaired) electrons. The first-order valence-corrected chi connectivity index (χ1v) is 5.93. The Morgan fingerprint density at radius 2 is 1.60 bits per heavy atom. The molecule has 0 aromatic heterocycles. The molecular weight excluding hydrogens is 215 g/mol. The molecule has 0 aliphatic rings. The molecule has 84 valence electrons. The van der Waals surface area contributed by atoms with Crippen LogP contribution < -0.4 is 56.5 Å². The molecule has 0 amide bonds. The Balaban J connectivity index is 0. The number of hydrogen-bond donors (Lipinski definition) is 0. The molecule has 0 rings (SSSR count). The number of unbranched alkanes of at least 4 members (excludes halogenated alkanes) is 5. The Labute approximate surface area is 137 Å². The van der Waals surface area contributed by atoms with Gasteiger partial charge in [0.2, 0.25) is 0 Å². The van der Waals surface area contributed by atoms with Crippen molar-refractivity contribution in [2.24, 2.45) is 5.92 Å². The third-order valence-corrected chi connectivity index (χ3v) is 2.73. The van der Waals surface area contributed by atoms with Crippen molar-refractivity contribution in [1.29, 1.82) is 0 Å². The molecule has 3 heteroatoms. The molecule has 0 aromatic carbocycles. The van der Waals surface area contributed by atoms with Gasteiger partial charge in [-0.15, -0.1) is 0 Å². The zero-order chi connectivity index (χ0) is 10.8. The third-order valence-electron chi connectivity index (χ3n) is 2.73. The van der Waals surface area contributed by atoms with Crippen molar-refractivity contribution < 1.29 is 61.3 Å². The van der Waals surface area contributed by atoms with Gasteiger partial charge in [0.05, 0.1) is 0 Å². The average Bonchev–Trinajstić information content (AvgIpc) is 2.16. The molecule has 0 heterocycles. The number of aliphatic carboxylic acids is 1. The van der Waals surface area contributed by atoms with E-state index in [1.807, 2.05) is 6.92 Å². The summed E-state index contributed by atoms with van der Waals surface area (Å²) in [6.45, 7) is 4.11. The van der Waals surface area contributed by atoms with Crippen molar-refractivity contribution in [2.45, 2.75) is 65.2 Å². The molecule has 1 unspecified atom stereocenters. The Kier molecular flexibility index (Phi) is 16.2. The van der Waals surface area contributed by atoms with Gasteiger partial charge in [-0.2, -0.15) is 0 Å². The molecule has 15 heavy (non-hydrogen) atoms. The number of rotatable bonds is 9. The Hall–Kier alpha value is 1.11. The summed E-state index contributed by atoms with van der Waals surface area (Å²) in [6, 6.07) is 0. The Bertz CT molecular complexity index is 149. The molecule has 0 N–H and O–H groups in total. The first kappa shape index (κ1) is 18.5. The van der Waals surface area contributed by atoms with Crippen molar-refractivity contribution in [3.63, 3.8) is 0 Å². The number of carboxylic acids is 1. The smallest absolute Gasteiger partial charge is 0.550 e. The second kappa shape index (κ2) is 13.2. The van der Waals surface area contributed by atoms with E-state index in [1.54, 1.807) is 0 Å². The maximum Gasteiger partial charge on any atom is 1.00 e. The monoisotopic (exact) mass is 238 g/mol. The molecule has 0 saturated heterocycles. The van der Waals surface area contributed by atoms with E-state index in [2.05, 4.69) is 6.92 Å². The molecular formula is C12H23KO2. The third kappa shape index (κ3) is 11.4. The van der Waals surface area contributed by atoms with E-state index in [0.717, 1.165) is 12.8 Å². The summed E-state index contributed by atoms with van der Waals surface area (Å²) < 4.78 is 0. The molecule has 0 aromatic rings. The summed E-state index contributed by atoms with van der Waals surface area (Å²) in [6.07, 6.45) is 8.81. The minimum atomic E-state index is -0.874. The van der Waals surface area contributed by atoms with Crippen LogP contribution in [-0.4, -0.2) is 5.97 Å². The van der Waals surface area contributed by atoms with E-state index < -0.39 is 5.97 Å². The van der Waals surface area contributed by atoms with Crippen LogP contribution in [0, 0.1) is 5.92 Å². The second-order valence-corrected chi connectivity index (χ2v) is 3.98. The maximum atomic E-state index is 10.6. The Morgan fingerprint density at radius 1 is 1.07 bits per heavy atom. The summed E-state index contributed by atoms with van der Waals surface area (Å²) in [5, 5.41) is 10.6. The van der Waals surface area contributed by atoms with Crippen LogP contribution in [0.15, 0.2) is 0 Å². The normalized spacial score (nSPS) is 11.9. The zero-order valence-electron chi connectivity index (χ0n) is 10.6. The Morgan fingerprint density at radius 3 is 2.07 bits per heavy atom. The summed E-state index contributed by atoms with van der Waals surface area (Å²) in [7, 11) is 0. The standard InChI is InChI=1S/C12H24O2.K/c1-3-5-6-7-8-9-10-11(4-2)12(13)14;/h11H,3-10H2,1-2H3,(H,13,14);/q;+1/p-1. The molecule has 0 bridgehead atoms. The van der Waals surface area contributed by atoms with Gasteiger partial charge in [0.1, 0.15) is 0 Å². The van der Waals surface area contributed by atoms with E-state index in [9.17, 15) is 9.90 Å². The van der Waals surface area contributed by atoms with Gasteiger partial charge in [0, 0.05) is 5.97 Å². The number of carbonyl (C=O) groups excluding carboxylic acids is 1. The summed E-state index contributed by atoms with van der Waals surface area (Å²) >= 11 is 0. The number of hydrogen-bond acceptors (Lipinski definition) is 2. The van der Waals surface area contributed by atoms with E-state index in [0.29, 0.717) is 6.42 Å². The first-order chi connectivity index (χ1) is 6.72. The minimum Gasteiger partial charge on any atom is -0.550 e. The van der Waals surface area contributed by atoms with Crippen molar-refractivity contribution in [1.82, 2.24) is 0 Å². The van der Waals surface area contributed by atoms with Gasteiger partial charge >= 0.3 is 51.4 Å². The minimum absolute atomic E-state index is 0. The molecule has 2 nitrogen and oxygen atoms in total. The van der Waals surface area contributed by atoms with Gasteiger partial charge in [-0.05, 0) is 18.8 Å². The van der Waals surface area contributed by atoms with Gasteiger partial charge < -0.3 is 9.90 Å². The zero-order valence-corrected chi connectivity index (χ0v) is 13.7. The summed E-state index contributed by atoms with van der Waals surface area (Å²) in [5.41, 5.74) is 0. The largest absolute Gasteiger partial charge is 1.00 e. The van der Waals surface area contributed by atoms with Crippen molar-refractivity contribution in [2.75, 3.05) is 0 Å². The predicted octanol–water partition coefficient (Wildman–Crippen LogP) is -0.483. The van der Waals surface area contributed by atoms with Crippen LogP contribution in [0.4, 0.5) is 0 Å². The van der Waals surface area contributed by atoms with E-state index in [-0.39, 0.29) is 57.3 Å². The van der Waals surface area contributed by atoms with Gasteiger partial charge in [-0.25, -0.2) is 0 Å². The topological polar surface area (TPSA) is 40.1 Å². The van der Waals surface area contributed by atoms with Crippen molar-refractivity contribution in [3.8, 4) is 0 Å². The van der Waals surface area contributed by atoms with E-state index in [1.165, 1.54) is 32.1 Å². The van der Waals surface area contributed by atoms with Crippen LogP contribution >= 0.6 is 0 Å². The van der Waals surface area contributed by atoms with Crippen molar-refractivity contribution >= 4 is 5.97 Å². The number of carboxylic acid groups (broad SMARTS) is 1. The number of carbonyl (C=O) groups is 1. The fourth-order valence-electron chi connectivity index (χ4n) is 1.66. The van der Waals surface area contributed by atoms with Crippen LogP contribution in [0.2, 0.25) is 0 Å². The quantitative estimate of drug-likeness (QED) is 0.402. The van der Waals surface area contributed by atoms with Crippen LogP contribution in [0.5, 0.6) is 0 Å². The average molecular weight is 238 g/mol. The fraction of sp³-hybridized carbons (Fsp3) is 0.917. The SMILES string of the molecule is CCCCCCCCC(CC)C(=O)[O-].[K+]. The van der Waals surface area contributed by atoms with Crippen LogP contribution in [0.25, 0.3) is 0 Å². The second-order valence-electron chi connectivity index (χ2n) is 3.98. The van der Waals surface area contributed by atoms with E-state index >= 15 is 0 Å². The fourth-order valence-corrected chi connectivity index (χ4v) is 1.66. The predicted molar refractivity (Wildman–Crippen MR) is 56.8 cm³/mol. The first-order valence-electron chi connectivity index (χ1n) is 5.93. The van der Waals surface area contributed by atoms with Gasteiger partial charge in [-0.3, -0.25) is 0 Å². The molecule has 0 aliphatic carbocycles. The molecule has 1 atom stereocenters. The van der Waals surface area contributed by atoms with E-state index in [4.69, 9.17) is 0 Å². The summed E-state index contributed by atoms with van der Waals surface area (Å²) in [4.78, 5) is 10.6. The molecule has 0 saturated carbocycles. The van der Waals surface area contributed by atoms with Gasteiger partial charge in [-0.1, -0.05) is 52.4 Å². The summed E-state index contributed by atoms with van der Waals surface area (Å²) in [5.74, 6) is -1.10. The van der Waals surface area contributed by atoms with Gasteiger partial charge in [0.25, 0.3) is 0 Å². The van der Waals surface area contributed by atoms with Gasteiger partial charge in [0.15, 0.2) is 0 Å². The van der Waals surface area contributed by atoms with Crippen LogP contribution in [-0.2, 0) is 4.79 Å².